The molecule has 0 bridgehead atoms. The van der Waals surface area contributed by atoms with Gasteiger partial charge < -0.3 is 10.1 Å². The Kier molecular flexibility index (Phi) is 3.58. The van der Waals surface area contributed by atoms with Crippen LogP contribution in [0.5, 0.6) is 0 Å². The van der Waals surface area contributed by atoms with Gasteiger partial charge in [-0.15, -0.1) is 12.3 Å². The van der Waals surface area contributed by atoms with Gasteiger partial charge in [0.1, 0.15) is 0 Å². The van der Waals surface area contributed by atoms with Crippen molar-refractivity contribution >= 4 is 0 Å². The van der Waals surface area contributed by atoms with E-state index in [0.717, 1.165) is 39.1 Å². The quantitative estimate of drug-likeness (QED) is 0.487. The van der Waals surface area contributed by atoms with Crippen molar-refractivity contribution in [3.63, 3.8) is 0 Å². The lowest BCUT2D eigenvalue weighted by Gasteiger charge is -2.38. The second-order valence-electron chi connectivity index (χ2n) is 3.79. The summed E-state index contributed by atoms with van der Waals surface area (Å²) < 4.78 is 5.14. The fourth-order valence-corrected chi connectivity index (χ4v) is 1.26. The van der Waals surface area contributed by atoms with Crippen LogP contribution in [0.2, 0.25) is 0 Å². The third-order valence-corrected chi connectivity index (χ3v) is 2.13. The minimum Gasteiger partial charge on any atom is -0.380 e. The van der Waals surface area contributed by atoms with Gasteiger partial charge in [0.25, 0.3) is 0 Å². The average molecular weight is 167 g/mol. The average Bonchev–Trinajstić information content (AvgIpc) is 2.01. The largest absolute Gasteiger partial charge is 0.380 e. The van der Waals surface area contributed by atoms with Gasteiger partial charge >= 0.3 is 0 Å². The van der Waals surface area contributed by atoms with E-state index in [1.807, 2.05) is 0 Å². The number of hydrogen-bond donors (Lipinski definition) is 1. The van der Waals surface area contributed by atoms with Crippen molar-refractivity contribution in [3.05, 3.63) is 0 Å². The van der Waals surface area contributed by atoms with E-state index in [1.165, 1.54) is 0 Å². The van der Waals surface area contributed by atoms with E-state index < -0.39 is 0 Å². The lowest BCUT2D eigenvalue weighted by Crippen LogP contribution is -2.47. The first-order chi connectivity index (χ1) is 5.77. The molecule has 0 unspecified atom stereocenters. The number of rotatable bonds is 5. The highest BCUT2D eigenvalue weighted by Crippen LogP contribution is 2.24. The van der Waals surface area contributed by atoms with Crippen LogP contribution in [0.15, 0.2) is 0 Å². The van der Waals surface area contributed by atoms with Gasteiger partial charge in [-0.1, -0.05) is 6.92 Å². The van der Waals surface area contributed by atoms with E-state index in [-0.39, 0.29) is 0 Å². The monoisotopic (exact) mass is 167 g/mol. The molecule has 0 atom stereocenters. The van der Waals surface area contributed by atoms with Crippen LogP contribution in [-0.2, 0) is 4.74 Å². The highest BCUT2D eigenvalue weighted by Gasteiger charge is 2.32. The van der Waals surface area contributed by atoms with Gasteiger partial charge in [-0.05, 0) is 13.0 Å². The third kappa shape index (κ3) is 2.84. The van der Waals surface area contributed by atoms with Gasteiger partial charge in [0.05, 0.1) is 13.2 Å². The van der Waals surface area contributed by atoms with Crippen LogP contribution in [0.4, 0.5) is 0 Å². The topological polar surface area (TPSA) is 21.3 Å². The molecule has 1 aliphatic rings. The van der Waals surface area contributed by atoms with E-state index in [2.05, 4.69) is 18.2 Å². The number of hydrogen-bond acceptors (Lipinski definition) is 2. The van der Waals surface area contributed by atoms with E-state index in [0.29, 0.717) is 5.41 Å². The van der Waals surface area contributed by atoms with E-state index in [1.54, 1.807) is 0 Å². The lowest BCUT2D eigenvalue weighted by atomic mass is 9.89. The maximum absolute atomic E-state index is 5.14. The van der Waals surface area contributed by atoms with E-state index >= 15 is 0 Å². The second-order valence-corrected chi connectivity index (χ2v) is 3.79. The molecule has 0 aromatic heterocycles. The highest BCUT2D eigenvalue weighted by atomic mass is 16.5. The molecule has 68 valence electrons. The molecule has 2 nitrogen and oxygen atoms in total. The smallest absolute Gasteiger partial charge is 0.0554 e. The third-order valence-electron chi connectivity index (χ3n) is 2.13. The molecular formula is C10H17NO. The molecular weight excluding hydrogens is 150 g/mol. The molecule has 1 rings (SSSR count). The predicted molar refractivity (Wildman–Crippen MR) is 49.9 cm³/mol. The molecule has 12 heavy (non-hydrogen) atoms. The molecule has 1 aliphatic heterocycles. The summed E-state index contributed by atoms with van der Waals surface area (Å²) in [5.74, 6) is 2.63. The Balaban J connectivity index is 1.92. The number of nitrogens with one attached hydrogen (secondary N) is 1. The molecule has 0 radical (unpaired) electrons. The molecule has 1 fully saturated rings. The Hall–Kier alpha value is -0.520. The number of unbranched alkanes of at least 4 members (excludes halogenated alkanes) is 1. The summed E-state index contributed by atoms with van der Waals surface area (Å²) in [5, 5.41) is 3.39. The normalized spacial score (nSPS) is 19.7. The minimum absolute atomic E-state index is 0.385. The zero-order valence-electron chi connectivity index (χ0n) is 7.73. The molecule has 1 saturated heterocycles. The fraction of sp³-hybridized carbons (Fsp3) is 0.800. The van der Waals surface area contributed by atoms with Crippen molar-refractivity contribution in [3.8, 4) is 12.3 Å². The summed E-state index contributed by atoms with van der Waals surface area (Å²) in [4.78, 5) is 0. The number of ether oxygens (including phenoxy) is 1. The van der Waals surface area contributed by atoms with E-state index in [4.69, 9.17) is 11.2 Å². The Morgan fingerprint density at radius 3 is 2.83 bits per heavy atom. The first-order valence-corrected chi connectivity index (χ1v) is 4.49. The SMILES string of the molecule is C#CCCCNCC1(C)COC1. The van der Waals surface area contributed by atoms with Crippen molar-refractivity contribution < 1.29 is 4.74 Å². The Labute approximate surface area is 74.7 Å². The molecule has 0 spiro atoms. The predicted octanol–water partition coefficient (Wildman–Crippen LogP) is 1.03. The van der Waals surface area contributed by atoms with Gasteiger partial charge in [-0.3, -0.25) is 0 Å². The summed E-state index contributed by atoms with van der Waals surface area (Å²) in [6.45, 7) is 6.12. The Bertz CT molecular complexity index is 167. The summed E-state index contributed by atoms with van der Waals surface area (Å²) >= 11 is 0. The number of terminal acetylenes is 1. The molecule has 0 amide bonds. The van der Waals surface area contributed by atoms with Gasteiger partial charge in [0, 0.05) is 18.4 Å². The van der Waals surface area contributed by atoms with Crippen LogP contribution in [-0.4, -0.2) is 26.3 Å². The van der Waals surface area contributed by atoms with Crippen LogP contribution in [0.25, 0.3) is 0 Å². The molecule has 1 N–H and O–H groups in total. The first kappa shape index (κ1) is 9.57. The van der Waals surface area contributed by atoms with Crippen molar-refractivity contribution in [1.82, 2.24) is 5.32 Å². The zero-order chi connectivity index (χ0) is 8.86. The lowest BCUT2D eigenvalue weighted by molar-refractivity contribution is -0.0989. The van der Waals surface area contributed by atoms with Crippen LogP contribution >= 0.6 is 0 Å². The summed E-state index contributed by atoms with van der Waals surface area (Å²) in [6, 6.07) is 0. The van der Waals surface area contributed by atoms with Crippen molar-refractivity contribution in [2.45, 2.75) is 19.8 Å². The van der Waals surface area contributed by atoms with Crippen LogP contribution < -0.4 is 5.32 Å². The minimum atomic E-state index is 0.385. The molecule has 0 aromatic rings. The molecule has 0 aliphatic carbocycles. The van der Waals surface area contributed by atoms with Crippen LogP contribution in [0.1, 0.15) is 19.8 Å². The van der Waals surface area contributed by atoms with Gasteiger partial charge in [0.2, 0.25) is 0 Å². The van der Waals surface area contributed by atoms with Gasteiger partial charge in [0.15, 0.2) is 0 Å². The highest BCUT2D eigenvalue weighted by molar-refractivity contribution is 4.85. The maximum atomic E-state index is 5.14. The second kappa shape index (κ2) is 4.49. The molecule has 1 heterocycles. The van der Waals surface area contributed by atoms with Crippen molar-refractivity contribution in [2.75, 3.05) is 26.3 Å². The van der Waals surface area contributed by atoms with E-state index in [9.17, 15) is 0 Å². The van der Waals surface area contributed by atoms with Crippen LogP contribution in [0.3, 0.4) is 0 Å². The fourth-order valence-electron chi connectivity index (χ4n) is 1.26. The van der Waals surface area contributed by atoms with Crippen LogP contribution in [0, 0.1) is 17.8 Å². The summed E-state index contributed by atoms with van der Waals surface area (Å²) in [7, 11) is 0. The summed E-state index contributed by atoms with van der Waals surface area (Å²) in [6.07, 6.45) is 7.09. The Morgan fingerprint density at radius 2 is 2.33 bits per heavy atom. The van der Waals surface area contributed by atoms with Crippen molar-refractivity contribution in [1.29, 1.82) is 0 Å². The standard InChI is InChI=1S/C10H17NO/c1-3-4-5-6-11-7-10(2)8-12-9-10/h1,11H,4-9H2,2H3. The van der Waals surface area contributed by atoms with Gasteiger partial charge in [-0.2, -0.15) is 0 Å². The summed E-state index contributed by atoms with van der Waals surface area (Å²) in [5.41, 5.74) is 0.385. The molecule has 0 saturated carbocycles. The zero-order valence-corrected chi connectivity index (χ0v) is 7.73. The van der Waals surface area contributed by atoms with Crippen molar-refractivity contribution in [2.24, 2.45) is 5.41 Å². The van der Waals surface area contributed by atoms with Gasteiger partial charge in [-0.25, -0.2) is 0 Å². The first-order valence-electron chi connectivity index (χ1n) is 4.49. The Morgan fingerprint density at radius 1 is 1.58 bits per heavy atom. The maximum Gasteiger partial charge on any atom is 0.0554 e. The molecule has 0 aromatic carbocycles. The molecule has 2 heteroatoms.